The molecular weight excluding hydrogens is 244 g/mol. The Morgan fingerprint density at radius 1 is 1.32 bits per heavy atom. The zero-order valence-corrected chi connectivity index (χ0v) is 10.9. The fourth-order valence-electron chi connectivity index (χ4n) is 2.21. The highest BCUT2D eigenvalue weighted by molar-refractivity contribution is 6.00. The van der Waals surface area contributed by atoms with E-state index >= 15 is 0 Å². The number of nitrogen functional groups attached to an aromatic ring is 1. The number of primary amides is 1. The molecule has 0 unspecified atom stereocenters. The van der Waals surface area contributed by atoms with Crippen LogP contribution in [0.5, 0.6) is 0 Å². The molecular formula is C13H18N4O2. The van der Waals surface area contributed by atoms with Crippen LogP contribution in [0.25, 0.3) is 0 Å². The van der Waals surface area contributed by atoms with Crippen LogP contribution in [0.3, 0.4) is 0 Å². The van der Waals surface area contributed by atoms with Crippen molar-refractivity contribution in [1.29, 1.82) is 0 Å². The molecule has 4 N–H and O–H groups in total. The largest absolute Gasteiger partial charge is 0.399 e. The second-order valence-electron chi connectivity index (χ2n) is 4.73. The van der Waals surface area contributed by atoms with Crippen molar-refractivity contribution in [2.24, 2.45) is 5.73 Å². The number of nitrogens with zero attached hydrogens (tertiary/aromatic N) is 2. The van der Waals surface area contributed by atoms with E-state index in [0.717, 1.165) is 6.42 Å². The van der Waals surface area contributed by atoms with E-state index in [1.807, 2.05) is 4.90 Å². The van der Waals surface area contributed by atoms with Crippen molar-refractivity contribution in [3.8, 4) is 0 Å². The van der Waals surface area contributed by atoms with Gasteiger partial charge in [0.1, 0.15) is 0 Å². The lowest BCUT2D eigenvalue weighted by atomic mass is 10.1. The van der Waals surface area contributed by atoms with Gasteiger partial charge in [0.2, 0.25) is 5.91 Å². The number of carbonyl (C=O) groups is 2. The summed E-state index contributed by atoms with van der Waals surface area (Å²) in [5.41, 5.74) is 12.7. The average Bonchev–Trinajstić information content (AvgIpc) is 2.51. The predicted molar refractivity (Wildman–Crippen MR) is 73.8 cm³/mol. The first kappa shape index (κ1) is 13.2. The molecule has 6 nitrogen and oxygen atoms in total. The summed E-state index contributed by atoms with van der Waals surface area (Å²) in [4.78, 5) is 26.9. The summed E-state index contributed by atoms with van der Waals surface area (Å²) in [6, 6.07) is 4.93. The van der Waals surface area contributed by atoms with E-state index in [1.165, 1.54) is 0 Å². The quantitative estimate of drug-likeness (QED) is 0.736. The maximum absolute atomic E-state index is 11.9. The van der Waals surface area contributed by atoms with Gasteiger partial charge in [-0.3, -0.25) is 9.59 Å². The van der Waals surface area contributed by atoms with Crippen LogP contribution in [0.15, 0.2) is 18.2 Å². The summed E-state index contributed by atoms with van der Waals surface area (Å²) < 4.78 is 0. The number of benzene rings is 1. The highest BCUT2D eigenvalue weighted by Crippen LogP contribution is 2.24. The molecule has 19 heavy (non-hydrogen) atoms. The van der Waals surface area contributed by atoms with Gasteiger partial charge in [0.15, 0.2) is 0 Å². The lowest BCUT2D eigenvalue weighted by Crippen LogP contribution is -2.35. The second-order valence-corrected chi connectivity index (χ2v) is 4.73. The maximum Gasteiger partial charge on any atom is 0.250 e. The van der Waals surface area contributed by atoms with Gasteiger partial charge in [-0.15, -0.1) is 0 Å². The number of carbonyl (C=O) groups excluding carboxylic acids is 2. The van der Waals surface area contributed by atoms with E-state index in [0.29, 0.717) is 30.0 Å². The van der Waals surface area contributed by atoms with E-state index in [9.17, 15) is 9.59 Å². The number of nitrogens with two attached hydrogens (primary N) is 2. The van der Waals surface area contributed by atoms with Crippen molar-refractivity contribution in [3.05, 3.63) is 23.8 Å². The van der Waals surface area contributed by atoms with Gasteiger partial charge in [0, 0.05) is 25.8 Å². The zero-order chi connectivity index (χ0) is 14.0. The fourth-order valence-corrected chi connectivity index (χ4v) is 2.21. The smallest absolute Gasteiger partial charge is 0.250 e. The van der Waals surface area contributed by atoms with Crippen molar-refractivity contribution < 1.29 is 9.59 Å². The Labute approximate surface area is 112 Å². The van der Waals surface area contributed by atoms with Crippen LogP contribution in [0, 0.1) is 0 Å². The number of hydrogen-bond acceptors (Lipinski definition) is 4. The first-order valence-electron chi connectivity index (χ1n) is 6.17. The van der Waals surface area contributed by atoms with E-state index in [2.05, 4.69) is 0 Å². The molecule has 0 aromatic heterocycles. The molecule has 6 heteroatoms. The molecule has 0 aliphatic carbocycles. The van der Waals surface area contributed by atoms with Gasteiger partial charge in [-0.05, 0) is 24.6 Å². The molecule has 1 aromatic rings. The fraction of sp³-hybridized carbons (Fsp3) is 0.385. The molecule has 0 saturated carbocycles. The molecule has 0 bridgehead atoms. The highest BCUT2D eigenvalue weighted by atomic mass is 16.2. The third-order valence-electron chi connectivity index (χ3n) is 3.30. The van der Waals surface area contributed by atoms with Crippen molar-refractivity contribution >= 4 is 23.2 Å². The van der Waals surface area contributed by atoms with Gasteiger partial charge in [-0.25, -0.2) is 0 Å². The molecule has 1 saturated heterocycles. The Hall–Kier alpha value is -2.24. The van der Waals surface area contributed by atoms with Crippen LogP contribution in [-0.4, -0.2) is 43.4 Å². The minimum atomic E-state index is -0.514. The standard InChI is InChI=1S/C13H18N4O2/c1-16-5-2-6-17(8-12(16)18)11-7-9(14)3-4-10(11)13(15)19/h3-4,7H,2,5-6,8,14H2,1H3,(H2,15,19). The first-order chi connectivity index (χ1) is 8.99. The first-order valence-corrected chi connectivity index (χ1v) is 6.17. The van der Waals surface area contributed by atoms with Crippen molar-refractivity contribution in [3.63, 3.8) is 0 Å². The van der Waals surface area contributed by atoms with E-state index in [-0.39, 0.29) is 12.5 Å². The normalized spacial score (nSPS) is 16.4. The lowest BCUT2D eigenvalue weighted by molar-refractivity contribution is -0.127. The third-order valence-corrected chi connectivity index (χ3v) is 3.30. The number of rotatable bonds is 2. The van der Waals surface area contributed by atoms with Gasteiger partial charge in [-0.1, -0.05) is 0 Å². The van der Waals surface area contributed by atoms with Gasteiger partial charge >= 0.3 is 0 Å². The number of amides is 2. The van der Waals surface area contributed by atoms with E-state index in [4.69, 9.17) is 11.5 Å². The Kier molecular flexibility index (Phi) is 3.59. The summed E-state index contributed by atoms with van der Waals surface area (Å²) >= 11 is 0. The molecule has 2 rings (SSSR count). The minimum absolute atomic E-state index is 0.0235. The van der Waals surface area contributed by atoms with Crippen LogP contribution in [0.2, 0.25) is 0 Å². The summed E-state index contributed by atoms with van der Waals surface area (Å²) in [6.07, 6.45) is 0.843. The second kappa shape index (κ2) is 5.17. The number of hydrogen-bond donors (Lipinski definition) is 2. The molecule has 0 radical (unpaired) electrons. The van der Waals surface area contributed by atoms with Gasteiger partial charge in [0.25, 0.3) is 5.91 Å². The van der Waals surface area contributed by atoms with Gasteiger partial charge in [-0.2, -0.15) is 0 Å². The van der Waals surface area contributed by atoms with Crippen LogP contribution in [0.4, 0.5) is 11.4 Å². The molecule has 2 amide bonds. The molecule has 1 heterocycles. The molecule has 1 aliphatic heterocycles. The number of anilines is 2. The lowest BCUT2D eigenvalue weighted by Gasteiger charge is -2.24. The Bertz CT molecular complexity index is 515. The van der Waals surface area contributed by atoms with Crippen LogP contribution < -0.4 is 16.4 Å². The molecule has 1 fully saturated rings. The van der Waals surface area contributed by atoms with Gasteiger partial charge in [0.05, 0.1) is 17.8 Å². The van der Waals surface area contributed by atoms with Crippen LogP contribution in [-0.2, 0) is 4.79 Å². The minimum Gasteiger partial charge on any atom is -0.399 e. The summed E-state index contributed by atoms with van der Waals surface area (Å²) in [6.45, 7) is 1.64. The summed E-state index contributed by atoms with van der Waals surface area (Å²) in [5.74, 6) is -0.490. The van der Waals surface area contributed by atoms with Crippen molar-refractivity contribution in [2.75, 3.05) is 37.3 Å². The van der Waals surface area contributed by atoms with Crippen LogP contribution >= 0.6 is 0 Å². The average molecular weight is 262 g/mol. The maximum atomic E-state index is 11.9. The Balaban J connectivity index is 2.37. The van der Waals surface area contributed by atoms with E-state index < -0.39 is 5.91 Å². The zero-order valence-electron chi connectivity index (χ0n) is 10.9. The summed E-state index contributed by atoms with van der Waals surface area (Å²) in [7, 11) is 1.78. The molecule has 1 aromatic carbocycles. The number of likely N-dealkylation sites (N-methyl/N-ethyl adjacent to an activating group) is 1. The monoisotopic (exact) mass is 262 g/mol. The molecule has 102 valence electrons. The molecule has 0 atom stereocenters. The van der Waals surface area contributed by atoms with Crippen molar-refractivity contribution in [2.45, 2.75) is 6.42 Å². The Morgan fingerprint density at radius 3 is 2.74 bits per heavy atom. The topological polar surface area (TPSA) is 92.7 Å². The molecule has 1 aliphatic rings. The molecule has 0 spiro atoms. The van der Waals surface area contributed by atoms with Crippen LogP contribution in [0.1, 0.15) is 16.8 Å². The van der Waals surface area contributed by atoms with E-state index in [1.54, 1.807) is 30.1 Å². The summed E-state index contributed by atoms with van der Waals surface area (Å²) in [5, 5.41) is 0. The third kappa shape index (κ3) is 2.78. The van der Waals surface area contributed by atoms with Gasteiger partial charge < -0.3 is 21.3 Å². The van der Waals surface area contributed by atoms with Crippen molar-refractivity contribution in [1.82, 2.24) is 4.90 Å². The highest BCUT2D eigenvalue weighted by Gasteiger charge is 2.22. The SMILES string of the molecule is CN1CCCN(c2cc(N)ccc2C(N)=O)CC1=O. The Morgan fingerprint density at radius 2 is 2.05 bits per heavy atom. The predicted octanol–water partition coefficient (Wildman–Crippen LogP) is 0.0362.